The van der Waals surface area contributed by atoms with Gasteiger partial charge in [0.05, 0.1) is 0 Å². The van der Waals surface area contributed by atoms with Crippen molar-refractivity contribution in [3.8, 4) is 0 Å². The highest BCUT2D eigenvalue weighted by molar-refractivity contribution is 5.91. The van der Waals surface area contributed by atoms with Crippen LogP contribution in [0.2, 0.25) is 0 Å². The molecule has 0 atom stereocenters. The summed E-state index contributed by atoms with van der Waals surface area (Å²) in [4.78, 5) is 22.4. The van der Waals surface area contributed by atoms with Crippen LogP contribution in [0, 0.1) is 5.92 Å². The predicted molar refractivity (Wildman–Crippen MR) is 76.9 cm³/mol. The highest BCUT2D eigenvalue weighted by Crippen LogP contribution is 2.14. The van der Waals surface area contributed by atoms with E-state index in [4.69, 9.17) is 0 Å². The molecule has 0 saturated heterocycles. The average Bonchev–Trinajstić information content (AvgIpc) is 2.27. The first-order valence-electron chi connectivity index (χ1n) is 6.60. The zero-order valence-electron chi connectivity index (χ0n) is 11.8. The fourth-order valence-electron chi connectivity index (χ4n) is 1.82. The van der Waals surface area contributed by atoms with Gasteiger partial charge in [0, 0.05) is 25.6 Å². The number of rotatable bonds is 6. The predicted octanol–water partition coefficient (Wildman–Crippen LogP) is 2.35. The van der Waals surface area contributed by atoms with Gasteiger partial charge in [0.25, 0.3) is 0 Å². The molecule has 0 spiro atoms. The molecule has 0 radical (unpaired) electrons. The highest BCUT2D eigenvalue weighted by Gasteiger charge is 2.04. The summed E-state index contributed by atoms with van der Waals surface area (Å²) in [6.45, 7) is 6.14. The molecule has 1 aromatic carbocycles. The third-order valence-electron chi connectivity index (χ3n) is 2.58. The number of hydrogen-bond donors (Lipinski definition) is 2. The summed E-state index contributed by atoms with van der Waals surface area (Å²) in [6.07, 6.45) is 1.28. The van der Waals surface area contributed by atoms with Crippen molar-refractivity contribution in [1.29, 1.82) is 0 Å². The van der Waals surface area contributed by atoms with Crippen LogP contribution >= 0.6 is 0 Å². The Balaban J connectivity index is 2.47. The lowest BCUT2D eigenvalue weighted by Crippen LogP contribution is -2.25. The summed E-state index contributed by atoms with van der Waals surface area (Å²) in [7, 11) is 0. The van der Waals surface area contributed by atoms with Gasteiger partial charge in [-0.15, -0.1) is 0 Å². The maximum absolute atomic E-state index is 11.7. The van der Waals surface area contributed by atoms with Gasteiger partial charge in [0.2, 0.25) is 11.8 Å². The van der Waals surface area contributed by atoms with Gasteiger partial charge >= 0.3 is 0 Å². The topological polar surface area (TPSA) is 58.2 Å². The Bertz CT molecular complexity index is 442. The Morgan fingerprint density at radius 3 is 2.63 bits per heavy atom. The van der Waals surface area contributed by atoms with E-state index < -0.39 is 0 Å². The summed E-state index contributed by atoms with van der Waals surface area (Å²) in [5.41, 5.74) is 2.03. The molecule has 0 bridgehead atoms. The summed E-state index contributed by atoms with van der Waals surface area (Å²) in [6, 6.07) is 7.88. The van der Waals surface area contributed by atoms with E-state index in [1.807, 2.05) is 18.2 Å². The average molecular weight is 262 g/mol. The minimum Gasteiger partial charge on any atom is -0.356 e. The van der Waals surface area contributed by atoms with Gasteiger partial charge in [-0.05, 0) is 30.0 Å². The molecule has 4 heteroatoms. The van der Waals surface area contributed by atoms with Crippen molar-refractivity contribution in [2.75, 3.05) is 11.9 Å². The number of carbonyl (C=O) groups is 2. The number of anilines is 1. The molecule has 0 aliphatic rings. The van der Waals surface area contributed by atoms with Crippen LogP contribution in [0.5, 0.6) is 0 Å². The summed E-state index contributed by atoms with van der Waals surface area (Å²) in [5.74, 6) is 0.382. The monoisotopic (exact) mass is 262 g/mol. The maximum Gasteiger partial charge on any atom is 0.226 e. The minimum absolute atomic E-state index is 0.0875. The van der Waals surface area contributed by atoms with E-state index in [-0.39, 0.29) is 18.2 Å². The smallest absolute Gasteiger partial charge is 0.226 e. The van der Waals surface area contributed by atoms with E-state index >= 15 is 0 Å². The third-order valence-corrected chi connectivity index (χ3v) is 2.58. The van der Waals surface area contributed by atoms with E-state index in [0.717, 1.165) is 12.1 Å². The molecule has 0 aromatic heterocycles. The van der Waals surface area contributed by atoms with E-state index in [0.29, 0.717) is 12.5 Å². The Labute approximate surface area is 114 Å². The minimum atomic E-state index is -0.119. The second kappa shape index (κ2) is 7.56. The first-order valence-corrected chi connectivity index (χ1v) is 6.60. The van der Waals surface area contributed by atoms with Gasteiger partial charge in [-0.2, -0.15) is 0 Å². The molecular weight excluding hydrogens is 240 g/mol. The lowest BCUT2D eigenvalue weighted by atomic mass is 10.0. The van der Waals surface area contributed by atoms with Crippen molar-refractivity contribution in [1.82, 2.24) is 5.32 Å². The molecule has 4 nitrogen and oxygen atoms in total. The number of carbonyl (C=O) groups excluding carboxylic acids is 2. The first-order chi connectivity index (χ1) is 8.97. The summed E-state index contributed by atoms with van der Waals surface area (Å²) >= 11 is 0. The van der Waals surface area contributed by atoms with E-state index in [1.165, 1.54) is 12.5 Å². The van der Waals surface area contributed by atoms with Crippen LogP contribution in [0.15, 0.2) is 24.3 Å². The zero-order chi connectivity index (χ0) is 14.3. The molecule has 19 heavy (non-hydrogen) atoms. The van der Waals surface area contributed by atoms with Crippen LogP contribution in [0.1, 0.15) is 32.8 Å². The molecule has 0 heterocycles. The normalized spacial score (nSPS) is 10.3. The van der Waals surface area contributed by atoms with E-state index in [2.05, 4.69) is 30.5 Å². The fourth-order valence-corrected chi connectivity index (χ4v) is 1.82. The lowest BCUT2D eigenvalue weighted by Gasteiger charge is -2.09. The molecule has 0 saturated carbocycles. The molecule has 0 aliphatic carbocycles. The van der Waals surface area contributed by atoms with Gasteiger partial charge in [0.15, 0.2) is 0 Å². The largest absolute Gasteiger partial charge is 0.356 e. The zero-order valence-corrected chi connectivity index (χ0v) is 11.8. The maximum atomic E-state index is 11.7. The lowest BCUT2D eigenvalue weighted by molar-refractivity contribution is -0.119. The van der Waals surface area contributed by atoms with Crippen LogP contribution in [-0.4, -0.2) is 18.4 Å². The van der Waals surface area contributed by atoms with Crippen LogP contribution in [-0.2, 0) is 16.0 Å². The van der Waals surface area contributed by atoms with Gasteiger partial charge in [-0.1, -0.05) is 26.0 Å². The van der Waals surface area contributed by atoms with Crippen molar-refractivity contribution in [2.24, 2.45) is 5.92 Å². The molecular formula is C15H22N2O2. The summed E-state index contributed by atoms with van der Waals surface area (Å²) in [5, 5.41) is 5.44. The van der Waals surface area contributed by atoms with Crippen LogP contribution in [0.25, 0.3) is 0 Å². The Morgan fingerprint density at radius 1 is 1.26 bits per heavy atom. The molecule has 0 unspecified atom stereocenters. The molecule has 2 N–H and O–H groups in total. The van der Waals surface area contributed by atoms with Gasteiger partial charge in [0.1, 0.15) is 0 Å². The van der Waals surface area contributed by atoms with Crippen molar-refractivity contribution in [2.45, 2.75) is 33.6 Å². The van der Waals surface area contributed by atoms with Crippen LogP contribution in [0.3, 0.4) is 0 Å². The van der Waals surface area contributed by atoms with Crippen molar-refractivity contribution < 1.29 is 9.59 Å². The Kier molecular flexibility index (Phi) is 6.06. The Hall–Kier alpha value is -1.84. The number of benzene rings is 1. The van der Waals surface area contributed by atoms with Gasteiger partial charge < -0.3 is 10.6 Å². The summed E-state index contributed by atoms with van der Waals surface area (Å²) < 4.78 is 0. The number of nitrogens with one attached hydrogen (secondary N) is 2. The quantitative estimate of drug-likeness (QED) is 0.826. The number of hydrogen-bond acceptors (Lipinski definition) is 2. The second-order valence-electron chi connectivity index (χ2n) is 5.08. The van der Waals surface area contributed by atoms with Crippen LogP contribution in [0.4, 0.5) is 5.69 Å². The Morgan fingerprint density at radius 2 is 2.00 bits per heavy atom. The van der Waals surface area contributed by atoms with Crippen molar-refractivity contribution in [3.05, 3.63) is 29.8 Å². The van der Waals surface area contributed by atoms with Crippen molar-refractivity contribution in [3.63, 3.8) is 0 Å². The molecule has 1 aromatic rings. The van der Waals surface area contributed by atoms with Gasteiger partial charge in [-0.25, -0.2) is 0 Å². The molecule has 104 valence electrons. The van der Waals surface area contributed by atoms with E-state index in [1.54, 1.807) is 0 Å². The van der Waals surface area contributed by atoms with Gasteiger partial charge in [-0.3, -0.25) is 9.59 Å². The molecule has 1 rings (SSSR count). The SMILES string of the molecule is CC(=O)NCCC(=O)Nc1cccc(CC(C)C)c1. The first kappa shape index (κ1) is 15.2. The standard InChI is InChI=1S/C15H22N2O2/c1-11(2)9-13-5-4-6-14(10-13)17-15(19)7-8-16-12(3)18/h4-6,10-11H,7-9H2,1-3H3,(H,16,18)(H,17,19). The molecule has 0 aliphatic heterocycles. The molecule has 0 fully saturated rings. The third kappa shape index (κ3) is 6.60. The highest BCUT2D eigenvalue weighted by atomic mass is 16.2. The second-order valence-corrected chi connectivity index (χ2v) is 5.08. The van der Waals surface area contributed by atoms with E-state index in [9.17, 15) is 9.59 Å². The number of amides is 2. The molecule has 2 amide bonds. The fraction of sp³-hybridized carbons (Fsp3) is 0.467. The van der Waals surface area contributed by atoms with Crippen LogP contribution < -0.4 is 10.6 Å². The van der Waals surface area contributed by atoms with Crippen molar-refractivity contribution >= 4 is 17.5 Å².